The molecule has 62 valence electrons. The first-order chi connectivity index (χ1) is 5.73. The van der Waals surface area contributed by atoms with E-state index >= 15 is 0 Å². The Balaban J connectivity index is 3.06. The molecule has 2 nitrogen and oxygen atoms in total. The van der Waals surface area contributed by atoms with E-state index < -0.39 is 5.41 Å². The number of nitriles is 1. The van der Waals surface area contributed by atoms with Crippen LogP contribution in [0, 0.1) is 11.3 Å². The van der Waals surface area contributed by atoms with Gasteiger partial charge in [-0.25, -0.2) is 0 Å². The molecule has 0 saturated carbocycles. The summed E-state index contributed by atoms with van der Waals surface area (Å²) in [5.41, 5.74) is 0.427. The van der Waals surface area contributed by atoms with Gasteiger partial charge in [0.1, 0.15) is 0 Å². The molecule has 0 aliphatic carbocycles. The lowest BCUT2D eigenvalue weighted by Gasteiger charge is -2.17. The quantitative estimate of drug-likeness (QED) is 0.665. The van der Waals surface area contributed by atoms with Crippen LogP contribution < -0.4 is 0 Å². The topological polar surface area (TPSA) is 36.7 Å². The second kappa shape index (κ2) is 3.36. The summed E-state index contributed by atoms with van der Waals surface area (Å²) < 4.78 is 0. The van der Waals surface area contributed by atoms with Gasteiger partial charge in [-0.1, -0.05) is 13.0 Å². The SMILES string of the molecule is CCC(C)(C#N)c1ccccn1. The van der Waals surface area contributed by atoms with Crippen molar-refractivity contribution in [3.8, 4) is 6.07 Å². The van der Waals surface area contributed by atoms with E-state index in [1.807, 2.05) is 32.0 Å². The van der Waals surface area contributed by atoms with E-state index in [1.54, 1.807) is 6.20 Å². The van der Waals surface area contributed by atoms with Crippen molar-refractivity contribution in [2.45, 2.75) is 25.7 Å². The minimum Gasteiger partial charge on any atom is -0.260 e. The van der Waals surface area contributed by atoms with Crippen LogP contribution in [-0.2, 0) is 5.41 Å². The second-order valence-corrected chi connectivity index (χ2v) is 3.01. The highest BCUT2D eigenvalue weighted by Crippen LogP contribution is 2.23. The van der Waals surface area contributed by atoms with Crippen molar-refractivity contribution in [3.63, 3.8) is 0 Å². The summed E-state index contributed by atoms with van der Waals surface area (Å²) in [5.74, 6) is 0. The molecular formula is C10H12N2. The molecule has 1 rings (SSSR count). The fourth-order valence-corrected chi connectivity index (χ4v) is 1.01. The van der Waals surface area contributed by atoms with Crippen molar-refractivity contribution in [1.29, 1.82) is 5.26 Å². The first-order valence-electron chi connectivity index (χ1n) is 4.05. The highest BCUT2D eigenvalue weighted by molar-refractivity contribution is 5.23. The summed E-state index contributed by atoms with van der Waals surface area (Å²) in [7, 11) is 0. The smallest absolute Gasteiger partial charge is 0.0962 e. The Morgan fingerprint density at radius 2 is 2.33 bits per heavy atom. The lowest BCUT2D eigenvalue weighted by Crippen LogP contribution is -2.19. The van der Waals surface area contributed by atoms with Crippen LogP contribution in [0.2, 0.25) is 0 Å². The molecular weight excluding hydrogens is 148 g/mol. The van der Waals surface area contributed by atoms with E-state index in [9.17, 15) is 0 Å². The first kappa shape index (κ1) is 8.73. The van der Waals surface area contributed by atoms with Crippen molar-refractivity contribution in [2.24, 2.45) is 0 Å². The van der Waals surface area contributed by atoms with Crippen LogP contribution in [-0.4, -0.2) is 4.98 Å². The molecule has 1 aromatic rings. The lowest BCUT2D eigenvalue weighted by molar-refractivity contribution is 0.568. The summed E-state index contributed by atoms with van der Waals surface area (Å²) in [6, 6.07) is 7.95. The van der Waals surface area contributed by atoms with E-state index in [1.165, 1.54) is 0 Å². The number of hydrogen-bond acceptors (Lipinski definition) is 2. The first-order valence-corrected chi connectivity index (χ1v) is 4.05. The Labute approximate surface area is 72.9 Å². The highest BCUT2D eigenvalue weighted by Gasteiger charge is 2.24. The Morgan fingerprint density at radius 1 is 1.58 bits per heavy atom. The van der Waals surface area contributed by atoms with Crippen LogP contribution in [0.15, 0.2) is 24.4 Å². The molecule has 0 saturated heterocycles. The predicted molar refractivity (Wildman–Crippen MR) is 47.5 cm³/mol. The molecule has 1 aromatic heterocycles. The number of hydrogen-bond donors (Lipinski definition) is 0. The standard InChI is InChI=1S/C10H12N2/c1-3-10(2,8-11)9-6-4-5-7-12-9/h4-7H,3H2,1-2H3. The van der Waals surface area contributed by atoms with Crippen molar-refractivity contribution in [3.05, 3.63) is 30.1 Å². The molecule has 0 amide bonds. The van der Waals surface area contributed by atoms with E-state index in [4.69, 9.17) is 5.26 Å². The molecule has 0 spiro atoms. The number of pyridine rings is 1. The average molecular weight is 160 g/mol. The summed E-state index contributed by atoms with van der Waals surface area (Å²) >= 11 is 0. The minimum atomic E-state index is -0.429. The van der Waals surface area contributed by atoms with Gasteiger partial charge in [-0.2, -0.15) is 5.26 Å². The third kappa shape index (κ3) is 1.45. The predicted octanol–water partition coefficient (Wildman–Crippen LogP) is 2.27. The maximum Gasteiger partial charge on any atom is 0.0962 e. The largest absolute Gasteiger partial charge is 0.260 e. The normalized spacial score (nSPS) is 14.8. The molecule has 2 heteroatoms. The summed E-state index contributed by atoms with van der Waals surface area (Å²) in [6.45, 7) is 3.91. The van der Waals surface area contributed by atoms with E-state index in [-0.39, 0.29) is 0 Å². The zero-order chi connectivity index (χ0) is 9.03. The van der Waals surface area contributed by atoms with Crippen LogP contribution in [0.5, 0.6) is 0 Å². The zero-order valence-corrected chi connectivity index (χ0v) is 7.41. The van der Waals surface area contributed by atoms with Gasteiger partial charge >= 0.3 is 0 Å². The lowest BCUT2D eigenvalue weighted by atomic mass is 9.85. The van der Waals surface area contributed by atoms with E-state index in [0.29, 0.717) is 0 Å². The summed E-state index contributed by atoms with van der Waals surface area (Å²) in [4.78, 5) is 4.17. The van der Waals surface area contributed by atoms with Gasteiger partial charge in [0.2, 0.25) is 0 Å². The molecule has 0 aliphatic rings. The molecule has 1 atom stereocenters. The number of aromatic nitrogens is 1. The van der Waals surface area contributed by atoms with Gasteiger partial charge in [0.25, 0.3) is 0 Å². The van der Waals surface area contributed by atoms with Crippen molar-refractivity contribution < 1.29 is 0 Å². The van der Waals surface area contributed by atoms with Gasteiger partial charge in [0.15, 0.2) is 0 Å². The maximum atomic E-state index is 8.95. The molecule has 0 bridgehead atoms. The molecule has 0 aromatic carbocycles. The molecule has 1 unspecified atom stereocenters. The fourth-order valence-electron chi connectivity index (χ4n) is 1.01. The molecule has 0 aliphatic heterocycles. The summed E-state index contributed by atoms with van der Waals surface area (Å²) in [5, 5.41) is 8.95. The number of nitrogens with zero attached hydrogens (tertiary/aromatic N) is 2. The average Bonchev–Trinajstić information content (AvgIpc) is 2.18. The molecule has 0 N–H and O–H groups in total. The Hall–Kier alpha value is -1.36. The number of rotatable bonds is 2. The zero-order valence-electron chi connectivity index (χ0n) is 7.41. The van der Waals surface area contributed by atoms with Gasteiger partial charge in [-0.15, -0.1) is 0 Å². The van der Waals surface area contributed by atoms with Crippen LogP contribution in [0.25, 0.3) is 0 Å². The van der Waals surface area contributed by atoms with Gasteiger partial charge in [-0.3, -0.25) is 4.98 Å². The van der Waals surface area contributed by atoms with E-state index in [0.717, 1.165) is 12.1 Å². The van der Waals surface area contributed by atoms with Gasteiger partial charge in [-0.05, 0) is 25.5 Å². The van der Waals surface area contributed by atoms with Crippen molar-refractivity contribution in [1.82, 2.24) is 4.98 Å². The van der Waals surface area contributed by atoms with E-state index in [2.05, 4.69) is 11.1 Å². The van der Waals surface area contributed by atoms with Gasteiger partial charge < -0.3 is 0 Å². The van der Waals surface area contributed by atoms with Crippen LogP contribution >= 0.6 is 0 Å². The Morgan fingerprint density at radius 3 is 2.75 bits per heavy atom. The van der Waals surface area contributed by atoms with Gasteiger partial charge in [0, 0.05) is 6.20 Å². The third-order valence-electron chi connectivity index (χ3n) is 2.18. The summed E-state index contributed by atoms with van der Waals surface area (Å²) in [6.07, 6.45) is 2.51. The van der Waals surface area contributed by atoms with Crippen LogP contribution in [0.1, 0.15) is 26.0 Å². The fraction of sp³-hybridized carbons (Fsp3) is 0.400. The Bertz CT molecular complexity index is 286. The van der Waals surface area contributed by atoms with Crippen molar-refractivity contribution >= 4 is 0 Å². The minimum absolute atomic E-state index is 0.429. The highest BCUT2D eigenvalue weighted by atomic mass is 14.7. The monoisotopic (exact) mass is 160 g/mol. The van der Waals surface area contributed by atoms with Crippen molar-refractivity contribution in [2.75, 3.05) is 0 Å². The third-order valence-corrected chi connectivity index (χ3v) is 2.18. The van der Waals surface area contributed by atoms with Crippen LogP contribution in [0.4, 0.5) is 0 Å². The molecule has 12 heavy (non-hydrogen) atoms. The molecule has 1 heterocycles. The van der Waals surface area contributed by atoms with Gasteiger partial charge in [0.05, 0.1) is 17.2 Å². The molecule has 0 radical (unpaired) electrons. The molecule has 0 fully saturated rings. The Kier molecular flexibility index (Phi) is 2.44. The second-order valence-electron chi connectivity index (χ2n) is 3.01. The maximum absolute atomic E-state index is 8.95. The van der Waals surface area contributed by atoms with Crippen LogP contribution in [0.3, 0.4) is 0 Å².